The van der Waals surface area contributed by atoms with Gasteiger partial charge in [0, 0.05) is 167 Å². The maximum absolute atomic E-state index is 8.52. The first-order valence-corrected chi connectivity index (χ1v) is 5.51. The van der Waals surface area contributed by atoms with Gasteiger partial charge < -0.3 is 42.2 Å². The van der Waals surface area contributed by atoms with Crippen molar-refractivity contribution in [3.8, 4) is 0 Å². The molecule has 118 valence electrons. The minimum absolute atomic E-state index is 0. The Kier molecular flexibility index (Phi) is 155. The number of hydrogen-bond donors (Lipinski definition) is 0. The third-order valence-corrected chi connectivity index (χ3v) is 0. The summed E-state index contributed by atoms with van der Waals surface area (Å²) in [7, 11) is -10.9. The fourth-order valence-corrected chi connectivity index (χ4v) is 0. The summed E-state index contributed by atoms with van der Waals surface area (Å²) in [5, 5.41) is 0. The molecule has 0 aliphatic heterocycles. The smallest absolute Gasteiger partial charge is 0.672 e. The summed E-state index contributed by atoms with van der Waals surface area (Å²) in [5.74, 6) is 0. The van der Waals surface area contributed by atoms with Gasteiger partial charge in [0.25, 0.3) is 0 Å². The molecule has 0 heterocycles. The van der Waals surface area contributed by atoms with Gasteiger partial charge in [0.1, 0.15) is 0 Å². The normalized spacial score (nSPS) is 4.00. The molecule has 6 radical (unpaired) electrons. The van der Waals surface area contributed by atoms with Crippen molar-refractivity contribution in [2.45, 2.75) is 0 Å². The van der Waals surface area contributed by atoms with E-state index in [4.69, 9.17) is 42.2 Å². The summed E-state index contributed by atoms with van der Waals surface area (Å²) in [6.45, 7) is 0. The molecule has 0 saturated carbocycles. The molecule has 9 nitrogen and oxygen atoms in total. The van der Waals surface area contributed by atoms with Gasteiger partial charge in [-0.25, -0.2) is 0 Å². The van der Waals surface area contributed by atoms with E-state index < -0.39 is 27.5 Å². The van der Waals surface area contributed by atoms with Crippen LogP contribution >= 0.6 is 0 Å². The maximum Gasteiger partial charge on any atom is 3.00 e. The standard InChI is InChI=1S/2Gd.2Lu.3O3Si.2Y/c;;;;3*1-4(2)3;;/q2*+3;;;3*-2;;. The molecule has 0 aliphatic carbocycles. The topological polar surface area (TPSA) is 190 Å². The summed E-state index contributed by atoms with van der Waals surface area (Å²) in [5.41, 5.74) is 0. The van der Waals surface area contributed by atoms with Gasteiger partial charge in [-0.1, -0.05) is 0 Å². The summed E-state index contributed by atoms with van der Waals surface area (Å²) in [4.78, 5) is 51.1. The second-order valence-corrected chi connectivity index (χ2v) is 2.25. The summed E-state index contributed by atoms with van der Waals surface area (Å²) in [6, 6.07) is 0. The molecule has 0 N–H and O–H groups in total. The molecular weight excluding hydrogens is 1070 g/mol. The predicted octanol–water partition coefficient (Wildman–Crippen LogP) is -8.64. The van der Waals surface area contributed by atoms with Crippen molar-refractivity contribution < 1.29 is 261 Å². The molecule has 0 aliphatic rings. The van der Waals surface area contributed by atoms with E-state index in [0.717, 1.165) is 0 Å². The summed E-state index contributed by atoms with van der Waals surface area (Å²) < 4.78 is 25.6. The van der Waals surface area contributed by atoms with E-state index in [9.17, 15) is 0 Å². The predicted molar refractivity (Wildman–Crippen MR) is 19.3 cm³/mol. The molecule has 0 aromatic carbocycles. The Labute approximate surface area is 280 Å². The van der Waals surface area contributed by atoms with Gasteiger partial charge in [0.05, 0.1) is 0 Å². The maximum atomic E-state index is 8.52. The number of hydrogen-bond acceptors (Lipinski definition) is 9. The van der Waals surface area contributed by atoms with Crippen LogP contribution in [0.2, 0.25) is 0 Å². The van der Waals surface area contributed by atoms with Gasteiger partial charge in [0.15, 0.2) is 0 Å². The van der Waals surface area contributed by atoms with E-state index in [1.165, 1.54) is 0 Å². The van der Waals surface area contributed by atoms with Crippen molar-refractivity contribution in [2.75, 3.05) is 0 Å². The summed E-state index contributed by atoms with van der Waals surface area (Å²) >= 11 is 0. The summed E-state index contributed by atoms with van der Waals surface area (Å²) in [6.07, 6.45) is 0. The molecule has 0 saturated heterocycles. The van der Waals surface area contributed by atoms with Crippen molar-refractivity contribution in [2.24, 2.45) is 0 Å². The molecule has 0 rings (SSSR count). The van der Waals surface area contributed by atoms with E-state index in [0.29, 0.717) is 0 Å². The van der Waals surface area contributed by atoms with Crippen LogP contribution in [0.25, 0.3) is 0 Å². The molecule has 0 atom stereocenters. The average Bonchev–Trinajstić information content (AvgIpc) is 1.54. The fraction of sp³-hybridized carbons (Fsp3) is 0. The minimum atomic E-state index is -3.63. The Morgan fingerprint density at radius 2 is 0.500 bits per heavy atom. The first-order chi connectivity index (χ1) is 5.20. The van der Waals surface area contributed by atoms with E-state index in [2.05, 4.69) is 0 Å². The van der Waals surface area contributed by atoms with Crippen LogP contribution in [0.15, 0.2) is 0 Å². The number of rotatable bonds is 0. The SMILES string of the molecule is O=[Si]([O-])[O-].O=[Si]([O-])[O-].O=[Si]([O-])[O-].[Gd+3].[Gd+3].[Lu].[Lu].[Y].[Y]. The Hall–Kier alpha value is 6.18. The largest absolute Gasteiger partial charge is 3.00 e. The average molecular weight is 1070 g/mol. The molecule has 0 bridgehead atoms. The molecule has 0 aromatic heterocycles. The molecule has 0 aromatic rings. The Bertz CT molecular complexity index is 133. The zero-order valence-electron chi connectivity index (χ0n) is 7.55. The van der Waals surface area contributed by atoms with Crippen LogP contribution in [0.3, 0.4) is 0 Å². The molecule has 0 amide bonds. The third kappa shape index (κ3) is 261. The van der Waals surface area contributed by atoms with Gasteiger partial charge >= 0.3 is 79.9 Å². The van der Waals surface area contributed by atoms with Crippen molar-refractivity contribution in [3.63, 3.8) is 0 Å². The van der Waals surface area contributed by atoms with Gasteiger partial charge in [-0.2, -0.15) is 0 Å². The zero-order chi connectivity index (χ0) is 10.7. The van der Waals surface area contributed by atoms with Crippen LogP contribution < -0.4 is 28.8 Å². The van der Waals surface area contributed by atoms with Crippen molar-refractivity contribution in [1.29, 1.82) is 0 Å². The first kappa shape index (κ1) is 56.4. The van der Waals surface area contributed by atoms with Crippen LogP contribution in [0.4, 0.5) is 0 Å². The Morgan fingerprint density at radius 3 is 0.500 bits per heavy atom. The zero-order valence-corrected chi connectivity index (χ0v) is 24.1. The van der Waals surface area contributed by atoms with E-state index in [1.807, 2.05) is 0 Å². The molecular formula is Gd2Lu2O9Si3Y2. The van der Waals surface area contributed by atoms with Crippen molar-refractivity contribution >= 4 is 27.5 Å². The molecule has 18 heteroatoms. The van der Waals surface area contributed by atoms with Crippen molar-refractivity contribution in [1.82, 2.24) is 0 Å². The van der Waals surface area contributed by atoms with E-state index in [-0.39, 0.29) is 219 Å². The van der Waals surface area contributed by atoms with E-state index >= 15 is 0 Å². The molecule has 0 unspecified atom stereocenters. The van der Waals surface area contributed by atoms with Gasteiger partial charge in [-0.15, -0.1) is 0 Å². The fourth-order valence-electron chi connectivity index (χ4n) is 0. The third-order valence-electron chi connectivity index (χ3n) is 0. The van der Waals surface area contributed by atoms with Crippen LogP contribution in [-0.2, 0) is 78.8 Å². The van der Waals surface area contributed by atoms with Gasteiger partial charge in [0.2, 0.25) is 0 Å². The quantitative estimate of drug-likeness (QED) is 0.213. The van der Waals surface area contributed by atoms with Crippen LogP contribution in [-0.4, -0.2) is 27.5 Å². The Morgan fingerprint density at radius 1 is 0.500 bits per heavy atom. The minimum Gasteiger partial charge on any atom is -0.672 e. The second-order valence-electron chi connectivity index (χ2n) is 0.750. The molecule has 0 spiro atoms. The monoisotopic (exact) mass is 1070 g/mol. The van der Waals surface area contributed by atoms with Gasteiger partial charge in [-0.3, -0.25) is 0 Å². The molecule has 0 fully saturated rings. The molecule has 18 heavy (non-hydrogen) atoms. The second kappa shape index (κ2) is 49.5. The van der Waals surface area contributed by atoms with Crippen molar-refractivity contribution in [3.05, 3.63) is 0 Å². The van der Waals surface area contributed by atoms with Gasteiger partial charge in [-0.05, 0) is 0 Å². The Balaban J connectivity index is -0.00000000827. The van der Waals surface area contributed by atoms with Crippen LogP contribution in [0, 0.1) is 154 Å². The van der Waals surface area contributed by atoms with E-state index in [1.54, 1.807) is 0 Å². The van der Waals surface area contributed by atoms with Crippen LogP contribution in [0.1, 0.15) is 0 Å². The first-order valence-electron chi connectivity index (χ1n) is 1.84. The van der Waals surface area contributed by atoms with Crippen LogP contribution in [0.5, 0.6) is 0 Å².